The summed E-state index contributed by atoms with van der Waals surface area (Å²) in [6, 6.07) is 12.6. The molecule has 0 aliphatic heterocycles. The van der Waals surface area contributed by atoms with Crippen LogP contribution in [-0.2, 0) is 6.54 Å². The number of phenolic OH excluding ortho intramolecular Hbond substituents is 1. The average Bonchev–Trinajstić information content (AvgIpc) is 3.01. The lowest BCUT2D eigenvalue weighted by Gasteiger charge is -2.07. The zero-order valence-corrected chi connectivity index (χ0v) is 17.9. The van der Waals surface area contributed by atoms with Crippen molar-refractivity contribution < 1.29 is 14.6 Å². The number of amides is 1. The van der Waals surface area contributed by atoms with Gasteiger partial charge in [0.25, 0.3) is 5.91 Å². The van der Waals surface area contributed by atoms with E-state index in [0.717, 1.165) is 17.0 Å². The van der Waals surface area contributed by atoms with E-state index in [4.69, 9.17) is 4.74 Å². The van der Waals surface area contributed by atoms with Gasteiger partial charge in [0.05, 0.1) is 30.0 Å². The number of aromatic hydroxyl groups is 1. The predicted molar refractivity (Wildman–Crippen MR) is 115 cm³/mol. The smallest absolute Gasteiger partial charge is 0.271 e. The molecule has 8 heteroatoms. The summed E-state index contributed by atoms with van der Waals surface area (Å²) in [7, 11) is 1.46. The Labute approximate surface area is 177 Å². The minimum absolute atomic E-state index is 0.00751. The van der Waals surface area contributed by atoms with Crippen molar-refractivity contribution in [2.75, 3.05) is 7.11 Å². The number of nitrogens with one attached hydrogen (secondary N) is 1. The van der Waals surface area contributed by atoms with Crippen molar-refractivity contribution in [1.29, 1.82) is 0 Å². The van der Waals surface area contributed by atoms with Gasteiger partial charge in [0.2, 0.25) is 0 Å². The topological polar surface area (TPSA) is 88.7 Å². The van der Waals surface area contributed by atoms with Crippen molar-refractivity contribution in [2.45, 2.75) is 20.4 Å². The van der Waals surface area contributed by atoms with Gasteiger partial charge in [0, 0.05) is 11.3 Å². The van der Waals surface area contributed by atoms with Gasteiger partial charge in [-0.3, -0.25) is 9.48 Å². The summed E-state index contributed by atoms with van der Waals surface area (Å²) >= 11 is 3.25. The molecule has 0 aliphatic rings. The summed E-state index contributed by atoms with van der Waals surface area (Å²) in [6.45, 7) is 4.54. The van der Waals surface area contributed by atoms with Gasteiger partial charge in [-0.05, 0) is 71.2 Å². The highest BCUT2D eigenvalue weighted by atomic mass is 79.9. The molecule has 2 aromatic carbocycles. The fourth-order valence-electron chi connectivity index (χ4n) is 2.87. The molecule has 29 heavy (non-hydrogen) atoms. The van der Waals surface area contributed by atoms with E-state index in [9.17, 15) is 9.90 Å². The van der Waals surface area contributed by atoms with Crippen LogP contribution in [0.5, 0.6) is 11.5 Å². The first kappa shape index (κ1) is 20.6. The second-order valence-corrected chi connectivity index (χ2v) is 7.39. The number of carbonyl (C=O) groups excluding carboxylic acids is 1. The number of aryl methyl sites for hydroxylation is 2. The Morgan fingerprint density at radius 1 is 1.31 bits per heavy atom. The largest absolute Gasteiger partial charge is 0.503 e. The van der Waals surface area contributed by atoms with Crippen molar-refractivity contribution in [3.8, 4) is 11.5 Å². The summed E-state index contributed by atoms with van der Waals surface area (Å²) in [6.07, 6.45) is 1.48. The molecule has 1 heterocycles. The number of ether oxygens (including phenoxy) is 1. The number of nitrogens with zero attached hydrogens (tertiary/aromatic N) is 3. The lowest BCUT2D eigenvalue weighted by Crippen LogP contribution is -2.18. The number of rotatable bonds is 6. The molecule has 3 rings (SSSR count). The number of halogens is 1. The van der Waals surface area contributed by atoms with Gasteiger partial charge < -0.3 is 9.84 Å². The van der Waals surface area contributed by atoms with E-state index in [-0.39, 0.29) is 11.7 Å². The quantitative estimate of drug-likeness (QED) is 0.436. The van der Waals surface area contributed by atoms with Crippen LogP contribution in [0.4, 0.5) is 0 Å². The zero-order chi connectivity index (χ0) is 21.0. The van der Waals surface area contributed by atoms with E-state index in [2.05, 4.69) is 31.6 Å². The maximum Gasteiger partial charge on any atom is 0.271 e. The molecule has 1 aromatic heterocycles. The van der Waals surface area contributed by atoms with Crippen LogP contribution >= 0.6 is 15.9 Å². The molecular weight excluding hydrogens is 436 g/mol. The summed E-state index contributed by atoms with van der Waals surface area (Å²) in [5.41, 5.74) is 6.68. The normalized spacial score (nSPS) is 11.0. The molecule has 0 unspecified atom stereocenters. The monoisotopic (exact) mass is 456 g/mol. The van der Waals surface area contributed by atoms with Crippen molar-refractivity contribution in [2.24, 2.45) is 5.10 Å². The van der Waals surface area contributed by atoms with Crippen LogP contribution in [-0.4, -0.2) is 34.1 Å². The third-order valence-corrected chi connectivity index (χ3v) is 4.88. The van der Waals surface area contributed by atoms with Gasteiger partial charge in [-0.2, -0.15) is 10.2 Å². The molecule has 0 fully saturated rings. The lowest BCUT2D eigenvalue weighted by atomic mass is 10.1. The molecule has 150 valence electrons. The van der Waals surface area contributed by atoms with Crippen LogP contribution in [0.1, 0.15) is 32.9 Å². The molecule has 0 atom stereocenters. The van der Waals surface area contributed by atoms with Gasteiger partial charge in [-0.1, -0.05) is 12.1 Å². The van der Waals surface area contributed by atoms with E-state index in [1.54, 1.807) is 18.2 Å². The number of phenols is 1. The summed E-state index contributed by atoms with van der Waals surface area (Å²) < 4.78 is 7.48. The molecular formula is C21H21BrN4O3. The summed E-state index contributed by atoms with van der Waals surface area (Å²) in [4.78, 5) is 12.4. The molecule has 7 nitrogen and oxygen atoms in total. The zero-order valence-electron chi connectivity index (χ0n) is 16.3. The van der Waals surface area contributed by atoms with E-state index in [1.807, 2.05) is 42.8 Å². The van der Waals surface area contributed by atoms with Crippen molar-refractivity contribution in [1.82, 2.24) is 15.2 Å². The number of hydrogen-bond donors (Lipinski definition) is 2. The molecule has 0 aliphatic carbocycles. The molecule has 0 saturated carbocycles. The van der Waals surface area contributed by atoms with Crippen molar-refractivity contribution in [3.05, 3.63) is 75.0 Å². The second-order valence-electron chi connectivity index (χ2n) is 6.54. The Morgan fingerprint density at radius 3 is 2.79 bits per heavy atom. The van der Waals surface area contributed by atoms with E-state index in [0.29, 0.717) is 27.9 Å². The Hall–Kier alpha value is -3.13. The van der Waals surface area contributed by atoms with E-state index in [1.165, 1.54) is 13.3 Å². The standard InChI is InChI=1S/C21H21BrN4O3/c1-13-7-14(2)26(25-13)12-15-5-4-6-17(8-15)21(28)24-23-11-16-9-18(22)20(27)19(10-16)29-3/h4-11,27H,12H2,1-3H3,(H,24,28). The highest BCUT2D eigenvalue weighted by molar-refractivity contribution is 9.10. The molecule has 0 saturated heterocycles. The van der Waals surface area contributed by atoms with Crippen molar-refractivity contribution in [3.63, 3.8) is 0 Å². The molecule has 2 N–H and O–H groups in total. The Morgan fingerprint density at radius 2 is 2.10 bits per heavy atom. The third-order valence-electron chi connectivity index (χ3n) is 4.28. The van der Waals surface area contributed by atoms with E-state index < -0.39 is 0 Å². The molecule has 0 bridgehead atoms. The number of hydrogen-bond acceptors (Lipinski definition) is 5. The average molecular weight is 457 g/mol. The highest BCUT2D eigenvalue weighted by Crippen LogP contribution is 2.34. The Bertz CT molecular complexity index is 1080. The second kappa shape index (κ2) is 8.91. The van der Waals surface area contributed by atoms with Gasteiger partial charge in [-0.25, -0.2) is 5.43 Å². The molecule has 0 spiro atoms. The SMILES string of the molecule is COc1cc(C=NNC(=O)c2cccc(Cn3nc(C)cc3C)c2)cc(Br)c1O. The molecule has 0 radical (unpaired) electrons. The number of aromatic nitrogens is 2. The van der Waals surface area contributed by atoms with Crippen LogP contribution in [0.2, 0.25) is 0 Å². The number of hydrazone groups is 1. The van der Waals surface area contributed by atoms with Crippen LogP contribution in [0, 0.1) is 13.8 Å². The minimum Gasteiger partial charge on any atom is -0.503 e. The number of carbonyl (C=O) groups is 1. The number of benzene rings is 2. The van der Waals surface area contributed by atoms with Gasteiger partial charge >= 0.3 is 0 Å². The fraction of sp³-hybridized carbons (Fsp3) is 0.190. The summed E-state index contributed by atoms with van der Waals surface area (Å²) in [5.74, 6) is -0.00149. The minimum atomic E-state index is -0.318. The van der Waals surface area contributed by atoms with Crippen LogP contribution in [0.3, 0.4) is 0 Å². The van der Waals surface area contributed by atoms with Crippen LogP contribution in [0.25, 0.3) is 0 Å². The summed E-state index contributed by atoms with van der Waals surface area (Å²) in [5, 5.41) is 18.3. The third kappa shape index (κ3) is 5.03. The van der Waals surface area contributed by atoms with Gasteiger partial charge in [-0.15, -0.1) is 0 Å². The molecule has 1 amide bonds. The van der Waals surface area contributed by atoms with Crippen molar-refractivity contribution >= 4 is 28.1 Å². The first-order chi connectivity index (χ1) is 13.9. The van der Waals surface area contributed by atoms with Gasteiger partial charge in [0.15, 0.2) is 11.5 Å². The Balaban J connectivity index is 1.69. The molecule has 3 aromatic rings. The van der Waals surface area contributed by atoms with E-state index >= 15 is 0 Å². The van der Waals surface area contributed by atoms with Crippen LogP contribution in [0.15, 0.2) is 52.0 Å². The fourth-order valence-corrected chi connectivity index (χ4v) is 3.33. The lowest BCUT2D eigenvalue weighted by molar-refractivity contribution is 0.0955. The number of methoxy groups -OCH3 is 1. The maximum atomic E-state index is 12.4. The maximum absolute atomic E-state index is 12.4. The highest BCUT2D eigenvalue weighted by Gasteiger charge is 2.09. The first-order valence-electron chi connectivity index (χ1n) is 8.87. The van der Waals surface area contributed by atoms with Crippen LogP contribution < -0.4 is 10.2 Å². The predicted octanol–water partition coefficient (Wildman–Crippen LogP) is 3.79. The first-order valence-corrected chi connectivity index (χ1v) is 9.66. The van der Waals surface area contributed by atoms with Gasteiger partial charge in [0.1, 0.15) is 0 Å². The Kier molecular flexibility index (Phi) is 6.33.